The summed E-state index contributed by atoms with van der Waals surface area (Å²) in [6.07, 6.45) is -0.190. The van der Waals surface area contributed by atoms with Gasteiger partial charge in [0.15, 0.2) is 5.82 Å². The first kappa shape index (κ1) is 17.3. The normalized spacial score (nSPS) is 12.8. The van der Waals surface area contributed by atoms with Gasteiger partial charge >= 0.3 is 0 Å². The highest BCUT2D eigenvalue weighted by molar-refractivity contribution is 7.08. The maximum atomic E-state index is 5.97. The number of amidine groups is 1. The minimum Gasteiger partial charge on any atom is -0.262 e. The van der Waals surface area contributed by atoms with Gasteiger partial charge in [-0.1, -0.05) is 30.3 Å². The molecule has 128 valence electrons. The van der Waals surface area contributed by atoms with Crippen LogP contribution in [-0.4, -0.2) is 10.8 Å². The van der Waals surface area contributed by atoms with Crippen LogP contribution >= 0.6 is 11.3 Å². The zero-order valence-corrected chi connectivity index (χ0v) is 15.4. The number of hydrogen-bond acceptors (Lipinski definition) is 4. The lowest BCUT2D eigenvalue weighted by atomic mass is 10.0. The third-order valence-electron chi connectivity index (χ3n) is 3.64. The zero-order valence-electron chi connectivity index (χ0n) is 14.6. The second-order valence-corrected chi connectivity index (χ2v) is 6.69. The van der Waals surface area contributed by atoms with Crippen LogP contribution in [0.2, 0.25) is 0 Å². The standard InChI is InChI=1S/C20H21N3OS/c1-14-11-15(2)21-19(12-14)22-16(3)23-24-20(18-9-10-25-13-18)17-7-5-4-6-8-17/h4-13,20H,1-3H3,(H,21,22,23). The summed E-state index contributed by atoms with van der Waals surface area (Å²) < 4.78 is 0. The Bertz CT molecular complexity index is 824. The van der Waals surface area contributed by atoms with Crippen LogP contribution in [0.15, 0.2) is 64.3 Å². The fourth-order valence-corrected chi connectivity index (χ4v) is 3.27. The van der Waals surface area contributed by atoms with Crippen molar-refractivity contribution in [3.63, 3.8) is 0 Å². The first-order valence-corrected chi connectivity index (χ1v) is 9.05. The van der Waals surface area contributed by atoms with Crippen LogP contribution in [0.1, 0.15) is 35.4 Å². The summed E-state index contributed by atoms with van der Waals surface area (Å²) in [6, 6.07) is 16.2. The van der Waals surface area contributed by atoms with Crippen molar-refractivity contribution in [2.75, 3.05) is 0 Å². The lowest BCUT2D eigenvalue weighted by molar-refractivity contribution is 0.0337. The minimum absolute atomic E-state index is 0.190. The Labute approximate surface area is 152 Å². The number of rotatable bonds is 5. The van der Waals surface area contributed by atoms with Gasteiger partial charge in [-0.15, -0.1) is 0 Å². The smallest absolute Gasteiger partial charge is 0.154 e. The van der Waals surface area contributed by atoms with E-state index in [9.17, 15) is 0 Å². The lowest BCUT2D eigenvalue weighted by Crippen LogP contribution is -2.24. The van der Waals surface area contributed by atoms with E-state index in [0.717, 1.165) is 22.4 Å². The molecule has 0 aliphatic heterocycles. The summed E-state index contributed by atoms with van der Waals surface area (Å²) >= 11 is 1.65. The molecule has 5 heteroatoms. The van der Waals surface area contributed by atoms with Crippen LogP contribution in [0.5, 0.6) is 0 Å². The number of hydrogen-bond donors (Lipinski definition) is 1. The van der Waals surface area contributed by atoms with Crippen molar-refractivity contribution in [3.05, 3.63) is 81.7 Å². The lowest BCUT2D eigenvalue weighted by Gasteiger charge is -2.18. The summed E-state index contributed by atoms with van der Waals surface area (Å²) in [5.74, 6) is 1.34. The van der Waals surface area contributed by atoms with Crippen molar-refractivity contribution < 1.29 is 4.84 Å². The molecule has 0 bridgehead atoms. The van der Waals surface area contributed by atoms with Crippen LogP contribution in [0, 0.1) is 13.8 Å². The molecule has 25 heavy (non-hydrogen) atoms. The van der Waals surface area contributed by atoms with Gasteiger partial charge in [0.05, 0.1) is 0 Å². The monoisotopic (exact) mass is 351 g/mol. The van der Waals surface area contributed by atoms with Crippen molar-refractivity contribution in [1.29, 1.82) is 0 Å². The van der Waals surface area contributed by atoms with E-state index in [1.165, 1.54) is 0 Å². The van der Waals surface area contributed by atoms with E-state index < -0.39 is 0 Å². The van der Waals surface area contributed by atoms with Gasteiger partial charge in [0.2, 0.25) is 0 Å². The summed E-state index contributed by atoms with van der Waals surface area (Å²) in [6.45, 7) is 5.87. The molecule has 1 aromatic carbocycles. The van der Waals surface area contributed by atoms with Gasteiger partial charge in [-0.3, -0.25) is 10.3 Å². The molecule has 0 fully saturated rings. The highest BCUT2D eigenvalue weighted by Gasteiger charge is 2.16. The second kappa shape index (κ2) is 8.05. The number of thiophene rings is 1. The number of aliphatic imine (C=N–C) groups is 1. The molecule has 0 amide bonds. The predicted octanol–water partition coefficient (Wildman–Crippen LogP) is 5.12. The summed E-state index contributed by atoms with van der Waals surface area (Å²) in [5.41, 5.74) is 7.26. The molecule has 0 saturated heterocycles. The number of benzene rings is 1. The zero-order chi connectivity index (χ0) is 17.6. The number of nitrogens with zero attached hydrogens (tertiary/aromatic N) is 2. The summed E-state index contributed by atoms with van der Waals surface area (Å²) in [4.78, 5) is 14.9. The third-order valence-corrected chi connectivity index (χ3v) is 4.34. The molecule has 1 atom stereocenters. The summed E-state index contributed by atoms with van der Waals surface area (Å²) in [7, 11) is 0. The van der Waals surface area contributed by atoms with Crippen molar-refractivity contribution in [2.24, 2.45) is 4.99 Å². The number of hydroxylamine groups is 1. The second-order valence-electron chi connectivity index (χ2n) is 5.91. The van der Waals surface area contributed by atoms with E-state index in [0.29, 0.717) is 11.7 Å². The maximum absolute atomic E-state index is 5.97. The number of aryl methyl sites for hydroxylation is 2. The quantitative estimate of drug-likeness (QED) is 0.394. The third kappa shape index (κ3) is 4.75. The highest BCUT2D eigenvalue weighted by atomic mass is 32.1. The molecular weight excluding hydrogens is 330 g/mol. The predicted molar refractivity (Wildman–Crippen MR) is 103 cm³/mol. The molecule has 4 nitrogen and oxygen atoms in total. The Morgan fingerprint density at radius 2 is 1.92 bits per heavy atom. The van der Waals surface area contributed by atoms with Gasteiger partial charge < -0.3 is 0 Å². The van der Waals surface area contributed by atoms with E-state index in [1.54, 1.807) is 11.3 Å². The highest BCUT2D eigenvalue weighted by Crippen LogP contribution is 2.26. The molecule has 0 spiro atoms. The van der Waals surface area contributed by atoms with Crippen LogP contribution in [0.25, 0.3) is 0 Å². The van der Waals surface area contributed by atoms with Gasteiger partial charge in [-0.05, 0) is 66.4 Å². The molecule has 0 radical (unpaired) electrons. The first-order valence-electron chi connectivity index (χ1n) is 8.11. The fraction of sp³-hybridized carbons (Fsp3) is 0.200. The SMILES string of the molecule is C/C(=N\c1cc(C)cc(C)n1)NOC(c1ccccc1)c1ccsc1. The number of nitrogens with one attached hydrogen (secondary N) is 1. The molecular formula is C20H21N3OS. The van der Waals surface area contributed by atoms with Crippen molar-refractivity contribution >= 4 is 23.0 Å². The molecule has 0 saturated carbocycles. The Morgan fingerprint density at radius 1 is 1.12 bits per heavy atom. The topological polar surface area (TPSA) is 46.5 Å². The fourth-order valence-electron chi connectivity index (χ4n) is 2.60. The van der Waals surface area contributed by atoms with E-state index in [2.05, 4.69) is 44.4 Å². The van der Waals surface area contributed by atoms with Crippen molar-refractivity contribution in [1.82, 2.24) is 10.5 Å². The van der Waals surface area contributed by atoms with E-state index >= 15 is 0 Å². The van der Waals surface area contributed by atoms with Gasteiger partial charge in [0.1, 0.15) is 11.9 Å². The van der Waals surface area contributed by atoms with Crippen LogP contribution in [0.4, 0.5) is 5.82 Å². The number of aromatic nitrogens is 1. The minimum atomic E-state index is -0.190. The Hall–Kier alpha value is -2.50. The van der Waals surface area contributed by atoms with Crippen molar-refractivity contribution in [3.8, 4) is 0 Å². The maximum Gasteiger partial charge on any atom is 0.154 e. The van der Waals surface area contributed by atoms with Crippen LogP contribution in [-0.2, 0) is 4.84 Å². The average Bonchev–Trinajstić information content (AvgIpc) is 3.09. The Kier molecular flexibility index (Phi) is 5.58. The Morgan fingerprint density at radius 3 is 2.60 bits per heavy atom. The summed E-state index contributed by atoms with van der Waals surface area (Å²) in [5, 5.41) is 4.15. The van der Waals surface area contributed by atoms with Gasteiger partial charge in [0.25, 0.3) is 0 Å². The van der Waals surface area contributed by atoms with Crippen molar-refractivity contribution in [2.45, 2.75) is 26.9 Å². The van der Waals surface area contributed by atoms with E-state index in [-0.39, 0.29) is 6.10 Å². The molecule has 0 aliphatic carbocycles. The molecule has 2 heterocycles. The van der Waals surface area contributed by atoms with Gasteiger partial charge in [-0.2, -0.15) is 11.3 Å². The Balaban J connectivity index is 1.76. The molecule has 3 rings (SSSR count). The first-order chi connectivity index (χ1) is 12.1. The number of pyridine rings is 1. The molecule has 2 aromatic heterocycles. The van der Waals surface area contributed by atoms with Gasteiger partial charge in [0, 0.05) is 5.69 Å². The van der Waals surface area contributed by atoms with Gasteiger partial charge in [-0.25, -0.2) is 9.98 Å². The largest absolute Gasteiger partial charge is 0.262 e. The molecule has 1 unspecified atom stereocenters. The van der Waals surface area contributed by atoms with Crippen LogP contribution < -0.4 is 5.48 Å². The van der Waals surface area contributed by atoms with E-state index in [4.69, 9.17) is 4.84 Å². The molecule has 0 aliphatic rings. The van der Waals surface area contributed by atoms with E-state index in [1.807, 2.05) is 51.1 Å². The average molecular weight is 351 g/mol. The van der Waals surface area contributed by atoms with Crippen LogP contribution in [0.3, 0.4) is 0 Å². The molecule has 1 N–H and O–H groups in total. The molecule has 3 aromatic rings.